The molecule has 6 nitrogen and oxygen atoms in total. The van der Waals surface area contributed by atoms with E-state index < -0.39 is 5.97 Å². The highest BCUT2D eigenvalue weighted by atomic mass is 16.5. The normalized spacial score (nSPS) is 10.9. The van der Waals surface area contributed by atoms with Gasteiger partial charge in [0.05, 0.1) is 12.8 Å². The quantitative estimate of drug-likeness (QED) is 0.681. The SMILES string of the molecule is CCc1c(C(=O)OC)nnn1CCCN(C)C. The molecule has 0 spiro atoms. The smallest absolute Gasteiger partial charge is 0.360 e. The van der Waals surface area contributed by atoms with Crippen LogP contribution in [0.3, 0.4) is 0 Å². The third kappa shape index (κ3) is 3.52. The van der Waals surface area contributed by atoms with Crippen LogP contribution >= 0.6 is 0 Å². The zero-order valence-corrected chi connectivity index (χ0v) is 10.9. The summed E-state index contributed by atoms with van der Waals surface area (Å²) in [6.07, 6.45) is 1.70. The summed E-state index contributed by atoms with van der Waals surface area (Å²) in [4.78, 5) is 13.6. The van der Waals surface area contributed by atoms with Gasteiger partial charge in [-0.1, -0.05) is 12.1 Å². The Kier molecular flexibility index (Phi) is 5.09. The first kappa shape index (κ1) is 13.6. The van der Waals surface area contributed by atoms with Crippen LogP contribution in [0.4, 0.5) is 0 Å². The second-order valence-electron chi connectivity index (χ2n) is 4.11. The summed E-state index contributed by atoms with van der Waals surface area (Å²) in [5, 5.41) is 7.88. The molecule has 0 saturated carbocycles. The summed E-state index contributed by atoms with van der Waals surface area (Å²) in [5.74, 6) is -0.416. The predicted molar refractivity (Wildman–Crippen MR) is 63.9 cm³/mol. The van der Waals surface area contributed by atoms with Crippen molar-refractivity contribution in [2.45, 2.75) is 26.3 Å². The maximum absolute atomic E-state index is 11.4. The second-order valence-corrected chi connectivity index (χ2v) is 4.11. The van der Waals surface area contributed by atoms with Crippen LogP contribution in [-0.4, -0.2) is 53.6 Å². The molecule has 0 amide bonds. The van der Waals surface area contributed by atoms with Gasteiger partial charge in [-0.3, -0.25) is 0 Å². The summed E-state index contributed by atoms with van der Waals surface area (Å²) in [6, 6.07) is 0. The largest absolute Gasteiger partial charge is 0.464 e. The van der Waals surface area contributed by atoms with E-state index in [0.29, 0.717) is 5.69 Å². The van der Waals surface area contributed by atoms with Crippen molar-refractivity contribution in [1.29, 1.82) is 0 Å². The van der Waals surface area contributed by atoms with E-state index in [1.807, 2.05) is 21.0 Å². The fraction of sp³-hybridized carbons (Fsp3) is 0.727. The molecule has 0 aliphatic heterocycles. The Morgan fingerprint density at radius 2 is 2.18 bits per heavy atom. The molecule has 0 fully saturated rings. The Balaban J connectivity index is 2.73. The fourth-order valence-corrected chi connectivity index (χ4v) is 1.65. The van der Waals surface area contributed by atoms with E-state index >= 15 is 0 Å². The first-order valence-corrected chi connectivity index (χ1v) is 5.75. The first-order valence-electron chi connectivity index (χ1n) is 5.75. The third-order valence-corrected chi connectivity index (χ3v) is 2.53. The van der Waals surface area contributed by atoms with Gasteiger partial charge in [0, 0.05) is 6.54 Å². The zero-order chi connectivity index (χ0) is 12.8. The molecular formula is C11H20N4O2. The second kappa shape index (κ2) is 6.34. The number of ether oxygens (including phenoxy) is 1. The van der Waals surface area contributed by atoms with Crippen molar-refractivity contribution in [1.82, 2.24) is 19.9 Å². The number of methoxy groups -OCH3 is 1. The van der Waals surface area contributed by atoms with Gasteiger partial charge in [-0.25, -0.2) is 9.48 Å². The fourth-order valence-electron chi connectivity index (χ4n) is 1.65. The van der Waals surface area contributed by atoms with Crippen LogP contribution < -0.4 is 0 Å². The van der Waals surface area contributed by atoms with Crippen LogP contribution in [0.2, 0.25) is 0 Å². The van der Waals surface area contributed by atoms with E-state index in [9.17, 15) is 4.79 Å². The zero-order valence-electron chi connectivity index (χ0n) is 10.9. The summed E-state index contributed by atoms with van der Waals surface area (Å²) in [5.41, 5.74) is 1.18. The molecule has 1 heterocycles. The molecule has 17 heavy (non-hydrogen) atoms. The van der Waals surface area contributed by atoms with Crippen LogP contribution in [0.15, 0.2) is 0 Å². The van der Waals surface area contributed by atoms with E-state index in [0.717, 1.165) is 31.6 Å². The van der Waals surface area contributed by atoms with Crippen molar-refractivity contribution in [3.05, 3.63) is 11.4 Å². The van der Waals surface area contributed by atoms with Crippen LogP contribution in [-0.2, 0) is 17.7 Å². The number of nitrogens with zero attached hydrogens (tertiary/aromatic N) is 4. The summed E-state index contributed by atoms with van der Waals surface area (Å²) >= 11 is 0. The van der Waals surface area contributed by atoms with Crippen molar-refractivity contribution >= 4 is 5.97 Å². The van der Waals surface area contributed by atoms with Crippen LogP contribution in [0, 0.1) is 0 Å². The highest BCUT2D eigenvalue weighted by molar-refractivity contribution is 5.88. The first-order chi connectivity index (χ1) is 8.10. The molecular weight excluding hydrogens is 220 g/mol. The monoisotopic (exact) mass is 240 g/mol. The van der Waals surface area contributed by atoms with Crippen LogP contribution in [0.5, 0.6) is 0 Å². The number of hydrogen-bond donors (Lipinski definition) is 0. The minimum atomic E-state index is -0.416. The molecule has 96 valence electrons. The number of aryl methyl sites for hydroxylation is 1. The van der Waals surface area contributed by atoms with E-state index in [-0.39, 0.29) is 0 Å². The standard InChI is InChI=1S/C11H20N4O2/c1-5-9-10(11(16)17-4)12-13-15(9)8-6-7-14(2)3/h5-8H2,1-4H3. The number of esters is 1. The molecule has 1 aromatic rings. The van der Waals surface area contributed by atoms with Gasteiger partial charge in [0.25, 0.3) is 0 Å². The van der Waals surface area contributed by atoms with E-state index in [1.165, 1.54) is 7.11 Å². The molecule has 6 heteroatoms. The molecule has 1 rings (SSSR count). The Hall–Kier alpha value is -1.43. The molecule has 0 aromatic carbocycles. The minimum absolute atomic E-state index is 0.333. The van der Waals surface area contributed by atoms with Gasteiger partial charge in [0.15, 0.2) is 5.69 Å². The average Bonchev–Trinajstić information content (AvgIpc) is 2.70. The van der Waals surface area contributed by atoms with Gasteiger partial charge in [0.2, 0.25) is 0 Å². The molecule has 0 radical (unpaired) electrons. The van der Waals surface area contributed by atoms with Crippen molar-refractivity contribution in [2.24, 2.45) is 0 Å². The maximum Gasteiger partial charge on any atom is 0.360 e. The lowest BCUT2D eigenvalue weighted by Crippen LogP contribution is -2.16. The van der Waals surface area contributed by atoms with E-state index in [1.54, 1.807) is 4.68 Å². The summed E-state index contributed by atoms with van der Waals surface area (Å²) in [6.45, 7) is 3.73. The van der Waals surface area contributed by atoms with Crippen LogP contribution in [0.1, 0.15) is 29.5 Å². The number of carbonyl (C=O) groups excluding carboxylic acids is 1. The molecule has 0 saturated heterocycles. The van der Waals surface area contributed by atoms with Crippen molar-refractivity contribution in [3.8, 4) is 0 Å². The molecule has 0 aliphatic rings. The van der Waals surface area contributed by atoms with Gasteiger partial charge in [-0.2, -0.15) is 0 Å². The Bertz CT molecular complexity index is 374. The maximum atomic E-state index is 11.4. The van der Waals surface area contributed by atoms with E-state index in [2.05, 4.69) is 19.9 Å². The lowest BCUT2D eigenvalue weighted by molar-refractivity contribution is 0.0592. The van der Waals surface area contributed by atoms with Crippen molar-refractivity contribution in [3.63, 3.8) is 0 Å². The van der Waals surface area contributed by atoms with Crippen molar-refractivity contribution in [2.75, 3.05) is 27.7 Å². The van der Waals surface area contributed by atoms with Gasteiger partial charge < -0.3 is 9.64 Å². The third-order valence-electron chi connectivity index (χ3n) is 2.53. The predicted octanol–water partition coefficient (Wildman–Crippen LogP) is 0.579. The molecule has 0 bridgehead atoms. The summed E-state index contributed by atoms with van der Waals surface area (Å²) in [7, 11) is 5.41. The number of rotatable bonds is 6. The lowest BCUT2D eigenvalue weighted by Gasteiger charge is -2.10. The summed E-state index contributed by atoms with van der Waals surface area (Å²) < 4.78 is 6.46. The molecule has 0 aliphatic carbocycles. The van der Waals surface area contributed by atoms with Crippen LogP contribution in [0.25, 0.3) is 0 Å². The van der Waals surface area contributed by atoms with Gasteiger partial charge >= 0.3 is 5.97 Å². The number of carbonyl (C=O) groups is 1. The Morgan fingerprint density at radius 3 is 2.71 bits per heavy atom. The lowest BCUT2D eigenvalue weighted by atomic mass is 10.2. The van der Waals surface area contributed by atoms with E-state index in [4.69, 9.17) is 0 Å². The van der Waals surface area contributed by atoms with Crippen molar-refractivity contribution < 1.29 is 9.53 Å². The highest BCUT2D eigenvalue weighted by Crippen LogP contribution is 2.08. The molecule has 0 atom stereocenters. The number of hydrogen-bond acceptors (Lipinski definition) is 5. The highest BCUT2D eigenvalue weighted by Gasteiger charge is 2.18. The molecule has 0 N–H and O–H groups in total. The topological polar surface area (TPSA) is 60.2 Å². The number of aromatic nitrogens is 3. The average molecular weight is 240 g/mol. The Labute approximate surface area is 102 Å². The van der Waals surface area contributed by atoms with Gasteiger partial charge in [-0.15, -0.1) is 5.10 Å². The molecule has 1 aromatic heterocycles. The van der Waals surface area contributed by atoms with Gasteiger partial charge in [0.1, 0.15) is 0 Å². The minimum Gasteiger partial charge on any atom is -0.464 e. The van der Waals surface area contributed by atoms with Gasteiger partial charge in [-0.05, 0) is 33.5 Å². The Morgan fingerprint density at radius 1 is 1.47 bits per heavy atom. The molecule has 0 unspecified atom stereocenters.